The normalized spacial score (nSPS) is 10.9. The molecule has 140 valence electrons. The van der Waals surface area contributed by atoms with Crippen LogP contribution in [0.5, 0.6) is 0 Å². The van der Waals surface area contributed by atoms with Crippen LogP contribution in [0.3, 0.4) is 0 Å². The lowest BCUT2D eigenvalue weighted by atomic mass is 10.1. The van der Waals surface area contributed by atoms with Gasteiger partial charge >= 0.3 is 0 Å². The Morgan fingerprint density at radius 3 is 2.57 bits per heavy atom. The van der Waals surface area contributed by atoms with E-state index in [1.807, 2.05) is 66.0 Å². The van der Waals surface area contributed by atoms with Gasteiger partial charge in [0.05, 0.1) is 11.4 Å². The highest BCUT2D eigenvalue weighted by atomic mass is 35.5. The van der Waals surface area contributed by atoms with E-state index in [4.69, 9.17) is 23.2 Å². The predicted molar refractivity (Wildman–Crippen MR) is 121 cm³/mol. The number of thiazole rings is 1. The Morgan fingerprint density at radius 2 is 1.79 bits per heavy atom. The van der Waals surface area contributed by atoms with Crippen LogP contribution >= 0.6 is 46.3 Å². The van der Waals surface area contributed by atoms with Crippen LogP contribution in [-0.4, -0.2) is 16.6 Å². The Morgan fingerprint density at radius 1 is 1.04 bits per heavy atom. The van der Waals surface area contributed by atoms with E-state index in [1.54, 1.807) is 0 Å². The van der Waals surface area contributed by atoms with Gasteiger partial charge in [-0.25, -0.2) is 4.98 Å². The summed E-state index contributed by atoms with van der Waals surface area (Å²) in [5.74, 6) is 0.172. The SMILES string of the molecule is O=C(CSc1cccc2cccc(Cl)c12)Nc1nc(-c2ccc(Cl)cc2)cs1. The Balaban J connectivity index is 1.43. The number of carbonyl (C=O) groups is 1. The molecule has 7 heteroatoms. The minimum atomic E-state index is -0.105. The summed E-state index contributed by atoms with van der Waals surface area (Å²) in [5.41, 5.74) is 1.77. The molecule has 3 nitrogen and oxygen atoms in total. The van der Waals surface area contributed by atoms with E-state index in [2.05, 4.69) is 10.3 Å². The van der Waals surface area contributed by atoms with Crippen molar-refractivity contribution >= 4 is 68.1 Å². The van der Waals surface area contributed by atoms with Crippen LogP contribution in [0.2, 0.25) is 10.0 Å². The van der Waals surface area contributed by atoms with Gasteiger partial charge in [0.25, 0.3) is 0 Å². The third kappa shape index (κ3) is 4.33. The molecule has 0 atom stereocenters. The maximum Gasteiger partial charge on any atom is 0.236 e. The fraction of sp³-hybridized carbons (Fsp3) is 0.0476. The van der Waals surface area contributed by atoms with Gasteiger partial charge in [0.15, 0.2) is 5.13 Å². The Kier molecular flexibility index (Phi) is 5.87. The third-order valence-electron chi connectivity index (χ3n) is 4.06. The van der Waals surface area contributed by atoms with Crippen LogP contribution in [0, 0.1) is 0 Å². The highest BCUT2D eigenvalue weighted by Gasteiger charge is 2.11. The molecule has 1 amide bonds. The van der Waals surface area contributed by atoms with E-state index < -0.39 is 0 Å². The number of anilines is 1. The lowest BCUT2D eigenvalue weighted by molar-refractivity contribution is -0.113. The highest BCUT2D eigenvalue weighted by Crippen LogP contribution is 2.33. The number of aromatic nitrogens is 1. The second kappa shape index (κ2) is 8.53. The molecule has 0 saturated heterocycles. The van der Waals surface area contributed by atoms with Crippen molar-refractivity contribution in [1.82, 2.24) is 4.98 Å². The van der Waals surface area contributed by atoms with Gasteiger partial charge in [-0.05, 0) is 29.7 Å². The smallest absolute Gasteiger partial charge is 0.236 e. The van der Waals surface area contributed by atoms with E-state index in [0.29, 0.717) is 15.2 Å². The van der Waals surface area contributed by atoms with Crippen LogP contribution in [0.1, 0.15) is 0 Å². The summed E-state index contributed by atoms with van der Waals surface area (Å²) in [6.45, 7) is 0. The zero-order chi connectivity index (χ0) is 19.5. The van der Waals surface area contributed by atoms with Gasteiger partial charge in [0, 0.05) is 31.3 Å². The van der Waals surface area contributed by atoms with Crippen molar-refractivity contribution in [3.05, 3.63) is 76.1 Å². The van der Waals surface area contributed by atoms with Crippen molar-refractivity contribution in [3.63, 3.8) is 0 Å². The third-order valence-corrected chi connectivity index (χ3v) is 6.45. The summed E-state index contributed by atoms with van der Waals surface area (Å²) in [6, 6.07) is 19.2. The molecule has 0 aliphatic carbocycles. The summed E-state index contributed by atoms with van der Waals surface area (Å²) >= 11 is 15.1. The van der Waals surface area contributed by atoms with Crippen LogP contribution in [0.15, 0.2) is 70.9 Å². The molecule has 0 unspecified atom stereocenters. The average molecular weight is 445 g/mol. The van der Waals surface area contributed by atoms with Gasteiger partial charge in [-0.3, -0.25) is 4.79 Å². The molecule has 0 fully saturated rings. The number of benzene rings is 3. The van der Waals surface area contributed by atoms with Crippen molar-refractivity contribution in [1.29, 1.82) is 0 Å². The molecule has 0 saturated carbocycles. The minimum absolute atomic E-state index is 0.105. The largest absolute Gasteiger partial charge is 0.301 e. The fourth-order valence-electron chi connectivity index (χ4n) is 2.77. The molecule has 1 aromatic heterocycles. The molecule has 0 aliphatic rings. The Bertz CT molecular complexity index is 1140. The van der Waals surface area contributed by atoms with Crippen LogP contribution < -0.4 is 5.32 Å². The molecule has 4 aromatic rings. The van der Waals surface area contributed by atoms with E-state index in [-0.39, 0.29) is 11.7 Å². The monoisotopic (exact) mass is 444 g/mol. The molecule has 4 rings (SSSR count). The molecule has 0 bridgehead atoms. The van der Waals surface area contributed by atoms with Gasteiger partial charge in [0.1, 0.15) is 0 Å². The Labute approximate surface area is 180 Å². The molecule has 1 heterocycles. The molecular weight excluding hydrogens is 431 g/mol. The maximum absolute atomic E-state index is 12.4. The fourth-order valence-corrected chi connectivity index (χ4v) is 4.87. The molecular formula is C21H14Cl2N2OS2. The molecule has 28 heavy (non-hydrogen) atoms. The zero-order valence-corrected chi connectivity index (χ0v) is 17.6. The van der Waals surface area contributed by atoms with Crippen LogP contribution in [-0.2, 0) is 4.79 Å². The lowest BCUT2D eigenvalue weighted by Gasteiger charge is -2.08. The summed E-state index contributed by atoms with van der Waals surface area (Å²) in [4.78, 5) is 17.8. The van der Waals surface area contributed by atoms with Gasteiger partial charge in [-0.1, -0.05) is 59.6 Å². The van der Waals surface area contributed by atoms with Crippen LogP contribution in [0.4, 0.5) is 5.13 Å². The molecule has 3 aromatic carbocycles. The first-order valence-electron chi connectivity index (χ1n) is 8.41. The highest BCUT2D eigenvalue weighted by molar-refractivity contribution is 8.00. The number of nitrogens with zero attached hydrogens (tertiary/aromatic N) is 1. The number of halogens is 2. The van der Waals surface area contributed by atoms with Crippen molar-refractivity contribution in [2.75, 3.05) is 11.1 Å². The first-order chi connectivity index (χ1) is 13.6. The maximum atomic E-state index is 12.4. The van der Waals surface area contributed by atoms with E-state index >= 15 is 0 Å². The second-order valence-electron chi connectivity index (χ2n) is 5.98. The number of hydrogen-bond donors (Lipinski definition) is 1. The van der Waals surface area contributed by atoms with Gasteiger partial charge in [0.2, 0.25) is 5.91 Å². The molecule has 0 spiro atoms. The quantitative estimate of drug-likeness (QED) is 0.336. The van der Waals surface area contributed by atoms with Crippen molar-refractivity contribution in [2.24, 2.45) is 0 Å². The number of amides is 1. The summed E-state index contributed by atoms with van der Waals surface area (Å²) < 4.78 is 0. The summed E-state index contributed by atoms with van der Waals surface area (Å²) in [7, 11) is 0. The molecule has 0 radical (unpaired) electrons. The van der Waals surface area contributed by atoms with Crippen molar-refractivity contribution < 1.29 is 4.79 Å². The number of rotatable bonds is 5. The number of hydrogen-bond acceptors (Lipinski definition) is 4. The number of nitrogens with one attached hydrogen (secondary N) is 1. The van der Waals surface area contributed by atoms with Gasteiger partial charge in [-0.15, -0.1) is 23.1 Å². The topological polar surface area (TPSA) is 42.0 Å². The van der Waals surface area contributed by atoms with Gasteiger partial charge < -0.3 is 5.32 Å². The standard InChI is InChI=1S/C21H14Cl2N2OS2/c22-15-9-7-13(8-10-15)17-11-28-21(24-17)25-19(26)12-27-18-6-2-4-14-3-1-5-16(23)20(14)18/h1-11H,12H2,(H,24,25,26). The van der Waals surface area contributed by atoms with Crippen molar-refractivity contribution in [3.8, 4) is 11.3 Å². The van der Waals surface area contributed by atoms with Crippen molar-refractivity contribution in [2.45, 2.75) is 4.90 Å². The summed E-state index contributed by atoms with van der Waals surface area (Å²) in [6.07, 6.45) is 0. The van der Waals surface area contributed by atoms with E-state index in [0.717, 1.165) is 26.9 Å². The number of thioether (sulfide) groups is 1. The molecule has 0 aliphatic heterocycles. The van der Waals surface area contributed by atoms with Crippen LogP contribution in [0.25, 0.3) is 22.0 Å². The first-order valence-corrected chi connectivity index (χ1v) is 11.0. The molecule has 1 N–H and O–H groups in total. The minimum Gasteiger partial charge on any atom is -0.301 e. The predicted octanol–water partition coefficient (Wildman–Crippen LogP) is 7.00. The Hall–Kier alpha value is -2.05. The zero-order valence-electron chi connectivity index (χ0n) is 14.5. The number of carbonyl (C=O) groups excluding carboxylic acids is 1. The van der Waals surface area contributed by atoms with E-state index in [9.17, 15) is 4.79 Å². The first kappa shape index (κ1) is 19.3. The van der Waals surface area contributed by atoms with Gasteiger partial charge in [-0.2, -0.15) is 0 Å². The average Bonchev–Trinajstić information content (AvgIpc) is 3.15. The number of fused-ring (bicyclic) bond motifs is 1. The van der Waals surface area contributed by atoms with E-state index in [1.165, 1.54) is 23.1 Å². The summed E-state index contributed by atoms with van der Waals surface area (Å²) in [5, 5.41) is 8.76. The lowest BCUT2D eigenvalue weighted by Crippen LogP contribution is -2.13. The second-order valence-corrected chi connectivity index (χ2v) is 8.69.